The zero-order chi connectivity index (χ0) is 29.3. The number of aliphatic hydroxyl groups excluding tert-OH is 1. The number of aromatic nitrogens is 1. The number of carbonyl (C=O) groups excluding carboxylic acids is 3. The number of benzene rings is 1. The summed E-state index contributed by atoms with van der Waals surface area (Å²) in [6.07, 6.45) is 4.39. The Morgan fingerprint density at radius 3 is 2.45 bits per heavy atom. The highest BCUT2D eigenvalue weighted by atomic mass is 32.1. The Hall–Kier alpha value is -2.60. The molecular weight excluding hydrogens is 543 g/mol. The van der Waals surface area contributed by atoms with Crippen LogP contribution in [0.15, 0.2) is 29.8 Å². The van der Waals surface area contributed by atoms with Crippen LogP contribution in [0.5, 0.6) is 0 Å². The van der Waals surface area contributed by atoms with Crippen molar-refractivity contribution >= 4 is 37.6 Å². The van der Waals surface area contributed by atoms with E-state index in [-0.39, 0.29) is 29.9 Å². The van der Waals surface area contributed by atoms with Crippen molar-refractivity contribution in [1.82, 2.24) is 20.2 Å². The lowest BCUT2D eigenvalue weighted by Crippen LogP contribution is -2.59. The lowest BCUT2D eigenvalue weighted by atomic mass is 9.86. The molecule has 11 heteroatoms. The van der Waals surface area contributed by atoms with Crippen LogP contribution in [0.25, 0.3) is 10.4 Å². The van der Waals surface area contributed by atoms with E-state index < -0.39 is 26.5 Å². The molecule has 0 unspecified atom stereocenters. The molecule has 9 nitrogen and oxygen atoms in total. The molecule has 2 atom stereocenters. The van der Waals surface area contributed by atoms with E-state index >= 15 is 0 Å². The molecule has 1 aliphatic heterocycles. The predicted molar refractivity (Wildman–Crippen MR) is 161 cm³/mol. The third kappa shape index (κ3) is 8.95. The van der Waals surface area contributed by atoms with Crippen molar-refractivity contribution in [2.45, 2.75) is 91.0 Å². The Bertz CT molecular complexity index is 1130. The number of amides is 3. The number of nitrogens with zero attached hydrogens (tertiary/aromatic N) is 2. The summed E-state index contributed by atoms with van der Waals surface area (Å²) >= 11 is 1.59. The van der Waals surface area contributed by atoms with E-state index in [0.29, 0.717) is 19.5 Å². The van der Waals surface area contributed by atoms with Gasteiger partial charge in [-0.25, -0.2) is 4.98 Å². The molecule has 1 aromatic carbocycles. The van der Waals surface area contributed by atoms with Crippen molar-refractivity contribution in [2.24, 2.45) is 11.1 Å². The number of nitrogens with one attached hydrogen (secondary N) is 2. The van der Waals surface area contributed by atoms with Gasteiger partial charge in [0.2, 0.25) is 17.3 Å². The summed E-state index contributed by atoms with van der Waals surface area (Å²) in [5.74, 6) is -0.462. The van der Waals surface area contributed by atoms with Gasteiger partial charge in [-0.05, 0) is 48.9 Å². The van der Waals surface area contributed by atoms with Crippen molar-refractivity contribution in [3.8, 4) is 10.4 Å². The highest BCUT2D eigenvalue weighted by Gasteiger charge is 2.46. The minimum absolute atomic E-state index is 0.104. The molecular formula is C29H44N5O4SSi. The highest BCUT2D eigenvalue weighted by Crippen LogP contribution is 2.28. The normalized spacial score (nSPS) is 16.6. The number of thiazole rings is 1. The molecule has 0 saturated carbocycles. The Labute approximate surface area is 243 Å². The van der Waals surface area contributed by atoms with Gasteiger partial charge in [-0.3, -0.25) is 14.4 Å². The quantitative estimate of drug-likeness (QED) is 0.207. The molecule has 1 saturated heterocycles. The number of hydrogen-bond acceptors (Lipinski definition) is 7. The van der Waals surface area contributed by atoms with Crippen molar-refractivity contribution in [2.75, 3.05) is 13.1 Å². The van der Waals surface area contributed by atoms with Gasteiger partial charge in [-0.15, -0.1) is 11.3 Å². The van der Waals surface area contributed by atoms with Gasteiger partial charge in [0, 0.05) is 19.5 Å². The molecule has 40 heavy (non-hydrogen) atoms. The lowest BCUT2D eigenvalue weighted by Gasteiger charge is -2.35. The summed E-state index contributed by atoms with van der Waals surface area (Å²) < 4.78 is 1.53. The number of aryl methyl sites for hydroxylation is 1. The van der Waals surface area contributed by atoms with Crippen LogP contribution in [-0.4, -0.2) is 66.2 Å². The van der Waals surface area contributed by atoms with Crippen molar-refractivity contribution in [1.29, 1.82) is 0 Å². The Balaban J connectivity index is 1.59. The number of unbranched alkanes of at least 4 members (excludes halogenated alkanes) is 4. The minimum atomic E-state index is -2.05. The van der Waals surface area contributed by atoms with Gasteiger partial charge in [0.15, 0.2) is 0 Å². The first kappa shape index (κ1) is 31.9. The van der Waals surface area contributed by atoms with E-state index in [1.165, 1.54) is 4.57 Å². The fourth-order valence-electron chi connectivity index (χ4n) is 4.79. The molecule has 2 aromatic rings. The number of β-amino-alcohol motifs (C(OH)–C–C–N with tert-alkyl or cyclic N) is 1. The van der Waals surface area contributed by atoms with Gasteiger partial charge < -0.3 is 26.0 Å². The van der Waals surface area contributed by atoms with E-state index in [4.69, 9.17) is 5.73 Å². The maximum absolute atomic E-state index is 13.7. The van der Waals surface area contributed by atoms with Crippen LogP contribution in [0.1, 0.15) is 70.6 Å². The average Bonchev–Trinajstić information content (AvgIpc) is 3.52. The Morgan fingerprint density at radius 1 is 1.15 bits per heavy atom. The van der Waals surface area contributed by atoms with Crippen LogP contribution in [0.4, 0.5) is 4.79 Å². The maximum Gasteiger partial charge on any atom is 0.286 e. The predicted octanol–water partition coefficient (Wildman–Crippen LogP) is 3.93. The summed E-state index contributed by atoms with van der Waals surface area (Å²) in [6.45, 7) is 8.81. The number of hydrogen-bond donors (Lipinski definition) is 4. The van der Waals surface area contributed by atoms with Crippen LogP contribution in [-0.2, 0) is 16.1 Å². The number of rotatable bonds is 13. The van der Waals surface area contributed by atoms with E-state index in [9.17, 15) is 19.5 Å². The zero-order valence-electron chi connectivity index (χ0n) is 24.2. The van der Waals surface area contributed by atoms with Crippen molar-refractivity contribution in [3.63, 3.8) is 0 Å². The van der Waals surface area contributed by atoms with Gasteiger partial charge in [-0.2, -0.15) is 0 Å². The summed E-state index contributed by atoms with van der Waals surface area (Å²) in [7, 11) is -2.05. The second-order valence-electron chi connectivity index (χ2n) is 11.6. The van der Waals surface area contributed by atoms with Gasteiger partial charge in [0.25, 0.3) is 8.96 Å². The number of nitrogens with two attached hydrogens (primary N) is 1. The molecule has 0 bridgehead atoms. The molecule has 3 rings (SSSR count). The molecule has 1 radical (unpaired) electrons. The van der Waals surface area contributed by atoms with Crippen LogP contribution in [0.2, 0.25) is 6.04 Å². The SMILES string of the molecule is Cc1ncsc1-c1ccc(CNC(=O)[Si]2C[C@@H](O)CN2C(=O)[C@@H](NC(=O)CCCCCCCN)C(C)(C)C)cc1. The molecule has 1 fully saturated rings. The molecule has 0 spiro atoms. The van der Waals surface area contributed by atoms with Gasteiger partial charge in [-0.1, -0.05) is 64.3 Å². The van der Waals surface area contributed by atoms with Crippen LogP contribution < -0.4 is 16.4 Å². The second kappa shape index (κ2) is 14.9. The van der Waals surface area contributed by atoms with Gasteiger partial charge in [0.05, 0.1) is 22.2 Å². The molecule has 1 aliphatic rings. The smallest absolute Gasteiger partial charge is 0.286 e. The molecule has 219 valence electrons. The monoisotopic (exact) mass is 586 g/mol. The fourth-order valence-corrected chi connectivity index (χ4v) is 7.95. The summed E-state index contributed by atoms with van der Waals surface area (Å²) in [6, 6.07) is 7.46. The van der Waals surface area contributed by atoms with Crippen molar-refractivity contribution < 1.29 is 19.5 Å². The molecule has 0 aliphatic carbocycles. The first-order chi connectivity index (χ1) is 19.0. The largest absolute Gasteiger partial charge is 0.392 e. The standard InChI is InChI=1S/C29H44N5O4SSi/c1-20-25(39-19-32-20)22-13-11-21(12-14-22)16-31-28(38)40-18-23(35)17-34(40)27(37)26(29(2,3)4)33-24(36)10-8-6-5-7-9-15-30/h11-14,19,23,26,35H,5-10,15-18,30H2,1-4H3,(H,31,38)(H,33,36)/t23-,26+/m0/s1. The third-order valence-electron chi connectivity index (χ3n) is 7.12. The first-order valence-corrected chi connectivity index (χ1v) is 16.7. The maximum atomic E-state index is 13.7. The van der Waals surface area contributed by atoms with Crippen LogP contribution in [0, 0.1) is 12.3 Å². The number of carbonyl (C=O) groups is 3. The van der Waals surface area contributed by atoms with Crippen molar-refractivity contribution in [3.05, 3.63) is 41.0 Å². The summed E-state index contributed by atoms with van der Waals surface area (Å²) in [4.78, 5) is 45.1. The van der Waals surface area contributed by atoms with Gasteiger partial charge in [0.1, 0.15) is 6.04 Å². The summed E-state index contributed by atoms with van der Waals surface area (Å²) in [5, 5.41) is 16.3. The molecule has 2 heterocycles. The first-order valence-electron chi connectivity index (χ1n) is 14.1. The highest BCUT2D eigenvalue weighted by molar-refractivity contribution is 7.13. The van der Waals surface area contributed by atoms with Crippen LogP contribution in [0.3, 0.4) is 0 Å². The van der Waals surface area contributed by atoms with E-state index in [1.54, 1.807) is 11.3 Å². The third-order valence-corrected chi connectivity index (χ3v) is 10.7. The zero-order valence-corrected chi connectivity index (χ0v) is 26.0. The van der Waals surface area contributed by atoms with Crippen LogP contribution >= 0.6 is 11.3 Å². The Morgan fingerprint density at radius 2 is 1.82 bits per heavy atom. The van der Waals surface area contributed by atoms with E-state index in [0.717, 1.165) is 53.8 Å². The second-order valence-corrected chi connectivity index (χ2v) is 14.7. The molecule has 1 aromatic heterocycles. The summed E-state index contributed by atoms with van der Waals surface area (Å²) in [5.41, 5.74) is 9.61. The minimum Gasteiger partial charge on any atom is -0.392 e. The lowest BCUT2D eigenvalue weighted by molar-refractivity contribution is -0.136. The topological polar surface area (TPSA) is 138 Å². The molecule has 3 amide bonds. The van der Waals surface area contributed by atoms with E-state index in [2.05, 4.69) is 15.6 Å². The Kier molecular flexibility index (Phi) is 11.9. The molecule has 5 N–H and O–H groups in total. The number of aliphatic hydroxyl groups is 1. The van der Waals surface area contributed by atoms with Gasteiger partial charge >= 0.3 is 0 Å². The van der Waals surface area contributed by atoms with E-state index in [1.807, 2.05) is 57.5 Å². The average molecular weight is 587 g/mol. The fraction of sp³-hybridized carbons (Fsp3) is 0.586.